The van der Waals surface area contributed by atoms with Crippen LogP contribution >= 0.6 is 0 Å². The minimum Gasteiger partial charge on any atom is -0.444 e. The second kappa shape index (κ2) is 5.97. The van der Waals surface area contributed by atoms with Crippen LogP contribution in [0.3, 0.4) is 0 Å². The van der Waals surface area contributed by atoms with Crippen molar-refractivity contribution in [3.05, 3.63) is 47.2 Å². The number of nitrogens with zero attached hydrogens (tertiary/aromatic N) is 1. The predicted molar refractivity (Wildman–Crippen MR) is 77.1 cm³/mol. The van der Waals surface area contributed by atoms with Crippen LogP contribution < -0.4 is 4.72 Å². The van der Waals surface area contributed by atoms with E-state index in [1.807, 2.05) is 6.92 Å². The van der Waals surface area contributed by atoms with Crippen molar-refractivity contribution in [3.63, 3.8) is 0 Å². The molecule has 1 aromatic carbocycles. The van der Waals surface area contributed by atoms with Crippen LogP contribution in [0, 0.1) is 13.8 Å². The van der Waals surface area contributed by atoms with Crippen LogP contribution in [0.4, 0.5) is 0 Å². The summed E-state index contributed by atoms with van der Waals surface area (Å²) in [7, 11) is -3.71. The SMILES string of the molecule is Cc1cnc(C(C)NS(=O)(=O)c2ccc(C)c(CO)c2)o1. The number of sulfonamides is 1. The Balaban J connectivity index is 2.26. The molecule has 0 saturated heterocycles. The van der Waals surface area contributed by atoms with Crippen LogP contribution in [0.15, 0.2) is 33.7 Å². The summed E-state index contributed by atoms with van der Waals surface area (Å²) >= 11 is 0. The van der Waals surface area contributed by atoms with E-state index >= 15 is 0 Å². The summed E-state index contributed by atoms with van der Waals surface area (Å²) in [5.41, 5.74) is 1.42. The Morgan fingerprint density at radius 1 is 1.38 bits per heavy atom. The summed E-state index contributed by atoms with van der Waals surface area (Å²) in [4.78, 5) is 4.11. The molecular formula is C14H18N2O4S. The summed E-state index contributed by atoms with van der Waals surface area (Å²) in [6.07, 6.45) is 1.54. The standard InChI is InChI=1S/C14H18N2O4S/c1-9-4-5-13(6-12(9)8-17)21(18,19)16-11(3)14-15-7-10(2)20-14/h4-7,11,16-17H,8H2,1-3H3. The van der Waals surface area contributed by atoms with Gasteiger partial charge in [0.1, 0.15) is 5.76 Å². The molecule has 2 rings (SSSR count). The Bertz CT molecular complexity index is 737. The number of aromatic nitrogens is 1. The Morgan fingerprint density at radius 3 is 2.67 bits per heavy atom. The fourth-order valence-electron chi connectivity index (χ4n) is 1.91. The number of hydrogen-bond acceptors (Lipinski definition) is 5. The second-order valence-corrected chi connectivity index (χ2v) is 6.61. The third-order valence-electron chi connectivity index (χ3n) is 3.14. The Kier molecular flexibility index (Phi) is 4.46. The first-order valence-electron chi connectivity index (χ1n) is 6.48. The fourth-order valence-corrected chi connectivity index (χ4v) is 3.16. The molecule has 0 aliphatic heterocycles. The maximum atomic E-state index is 12.3. The molecule has 6 nitrogen and oxygen atoms in total. The van der Waals surface area contributed by atoms with E-state index in [1.54, 1.807) is 19.9 Å². The van der Waals surface area contributed by atoms with Crippen molar-refractivity contribution in [1.82, 2.24) is 9.71 Å². The monoisotopic (exact) mass is 310 g/mol. The van der Waals surface area contributed by atoms with E-state index in [1.165, 1.54) is 18.3 Å². The van der Waals surface area contributed by atoms with Crippen molar-refractivity contribution in [3.8, 4) is 0 Å². The summed E-state index contributed by atoms with van der Waals surface area (Å²) in [6.45, 7) is 5.01. The quantitative estimate of drug-likeness (QED) is 0.879. The summed E-state index contributed by atoms with van der Waals surface area (Å²) in [6, 6.07) is 4.05. The van der Waals surface area contributed by atoms with Gasteiger partial charge in [-0.05, 0) is 44.0 Å². The number of hydrogen-bond donors (Lipinski definition) is 2. The van der Waals surface area contributed by atoms with Gasteiger partial charge in [-0.3, -0.25) is 0 Å². The molecule has 0 spiro atoms. The minimum atomic E-state index is -3.71. The summed E-state index contributed by atoms with van der Waals surface area (Å²) in [5.74, 6) is 0.930. The van der Waals surface area contributed by atoms with Gasteiger partial charge < -0.3 is 9.52 Å². The number of benzene rings is 1. The van der Waals surface area contributed by atoms with Crippen LogP contribution in [0.1, 0.15) is 35.7 Å². The molecule has 114 valence electrons. The predicted octanol–water partition coefficient (Wildman–Crippen LogP) is 1.82. The first-order chi connectivity index (χ1) is 9.83. The topological polar surface area (TPSA) is 92.4 Å². The third kappa shape index (κ3) is 3.49. The Hall–Kier alpha value is -1.70. The molecule has 1 unspecified atom stereocenters. The lowest BCUT2D eigenvalue weighted by Crippen LogP contribution is -2.27. The fraction of sp³-hybridized carbons (Fsp3) is 0.357. The van der Waals surface area contributed by atoms with Gasteiger partial charge >= 0.3 is 0 Å². The van der Waals surface area contributed by atoms with E-state index in [0.717, 1.165) is 5.56 Å². The highest BCUT2D eigenvalue weighted by molar-refractivity contribution is 7.89. The maximum absolute atomic E-state index is 12.3. The van der Waals surface area contributed by atoms with Gasteiger partial charge in [-0.25, -0.2) is 13.4 Å². The van der Waals surface area contributed by atoms with E-state index in [-0.39, 0.29) is 11.5 Å². The number of rotatable bonds is 5. The van der Waals surface area contributed by atoms with Crippen molar-refractivity contribution < 1.29 is 17.9 Å². The molecule has 0 amide bonds. The second-order valence-electron chi connectivity index (χ2n) is 4.90. The average molecular weight is 310 g/mol. The van der Waals surface area contributed by atoms with Crippen molar-refractivity contribution in [2.45, 2.75) is 38.3 Å². The molecule has 21 heavy (non-hydrogen) atoms. The van der Waals surface area contributed by atoms with E-state index in [2.05, 4.69) is 9.71 Å². The van der Waals surface area contributed by atoms with E-state index in [0.29, 0.717) is 17.2 Å². The first-order valence-corrected chi connectivity index (χ1v) is 7.97. The van der Waals surface area contributed by atoms with Crippen LogP contribution in [-0.2, 0) is 16.6 Å². The summed E-state index contributed by atoms with van der Waals surface area (Å²) in [5, 5.41) is 9.23. The molecule has 2 N–H and O–H groups in total. The van der Waals surface area contributed by atoms with Gasteiger partial charge in [0.25, 0.3) is 0 Å². The van der Waals surface area contributed by atoms with Crippen molar-refractivity contribution in [2.24, 2.45) is 0 Å². The van der Waals surface area contributed by atoms with Gasteiger partial charge in [-0.2, -0.15) is 4.72 Å². The molecule has 2 aromatic rings. The van der Waals surface area contributed by atoms with Gasteiger partial charge in [0.15, 0.2) is 0 Å². The lowest BCUT2D eigenvalue weighted by atomic mass is 10.1. The highest BCUT2D eigenvalue weighted by Gasteiger charge is 2.21. The molecular weight excluding hydrogens is 292 g/mol. The molecule has 7 heteroatoms. The highest BCUT2D eigenvalue weighted by atomic mass is 32.2. The van der Waals surface area contributed by atoms with E-state index in [9.17, 15) is 13.5 Å². The lowest BCUT2D eigenvalue weighted by molar-refractivity contribution is 0.280. The van der Waals surface area contributed by atoms with Gasteiger partial charge in [-0.15, -0.1) is 0 Å². The van der Waals surface area contributed by atoms with Gasteiger partial charge in [-0.1, -0.05) is 6.07 Å². The zero-order chi connectivity index (χ0) is 15.6. The van der Waals surface area contributed by atoms with Crippen molar-refractivity contribution in [2.75, 3.05) is 0 Å². The van der Waals surface area contributed by atoms with Crippen LogP contribution in [0.5, 0.6) is 0 Å². The zero-order valence-electron chi connectivity index (χ0n) is 12.1. The Morgan fingerprint density at radius 2 is 2.10 bits per heavy atom. The van der Waals surface area contributed by atoms with Crippen LogP contribution in [0.25, 0.3) is 0 Å². The maximum Gasteiger partial charge on any atom is 0.241 e. The Labute approximate surface area is 123 Å². The number of oxazole rings is 1. The van der Waals surface area contributed by atoms with Crippen molar-refractivity contribution >= 4 is 10.0 Å². The normalized spacial score (nSPS) is 13.3. The molecule has 0 radical (unpaired) electrons. The van der Waals surface area contributed by atoms with Crippen molar-refractivity contribution in [1.29, 1.82) is 0 Å². The van der Waals surface area contributed by atoms with Gasteiger partial charge in [0.05, 0.1) is 23.7 Å². The van der Waals surface area contributed by atoms with Gasteiger partial charge in [0, 0.05) is 0 Å². The largest absolute Gasteiger partial charge is 0.444 e. The number of aliphatic hydroxyl groups is 1. The number of aliphatic hydroxyl groups excluding tert-OH is 1. The smallest absolute Gasteiger partial charge is 0.241 e. The third-order valence-corrected chi connectivity index (χ3v) is 4.68. The molecule has 1 aromatic heterocycles. The molecule has 1 heterocycles. The molecule has 0 saturated carbocycles. The molecule has 1 atom stereocenters. The highest BCUT2D eigenvalue weighted by Crippen LogP contribution is 2.19. The minimum absolute atomic E-state index is 0.104. The van der Waals surface area contributed by atoms with E-state index < -0.39 is 16.1 Å². The zero-order valence-corrected chi connectivity index (χ0v) is 12.9. The summed E-state index contributed by atoms with van der Waals surface area (Å²) < 4.78 is 32.5. The first kappa shape index (κ1) is 15.7. The van der Waals surface area contributed by atoms with Crippen LogP contribution in [0.2, 0.25) is 0 Å². The lowest BCUT2D eigenvalue weighted by Gasteiger charge is -2.12. The van der Waals surface area contributed by atoms with Gasteiger partial charge in [0.2, 0.25) is 15.9 Å². The molecule has 0 fully saturated rings. The molecule has 0 aliphatic carbocycles. The molecule has 0 aliphatic rings. The van der Waals surface area contributed by atoms with Crippen LogP contribution in [-0.4, -0.2) is 18.5 Å². The average Bonchev–Trinajstić information content (AvgIpc) is 2.85. The molecule has 0 bridgehead atoms. The number of aryl methyl sites for hydroxylation is 2. The number of nitrogens with one attached hydrogen (secondary N) is 1. The van der Waals surface area contributed by atoms with E-state index in [4.69, 9.17) is 4.42 Å².